The molecular formula is C23H24N2O6. The van der Waals surface area contributed by atoms with Gasteiger partial charge in [-0.15, -0.1) is 0 Å². The second-order valence-corrected chi connectivity index (χ2v) is 7.46. The van der Waals surface area contributed by atoms with Crippen LogP contribution in [0.4, 0.5) is 5.69 Å². The molecule has 2 aromatic carbocycles. The molecule has 0 saturated heterocycles. The third kappa shape index (κ3) is 5.09. The maximum Gasteiger partial charge on any atom is 0.338 e. The van der Waals surface area contributed by atoms with Gasteiger partial charge in [0.15, 0.2) is 6.61 Å². The smallest absolute Gasteiger partial charge is 0.338 e. The van der Waals surface area contributed by atoms with E-state index in [1.807, 2.05) is 20.8 Å². The van der Waals surface area contributed by atoms with Gasteiger partial charge in [0, 0.05) is 12.2 Å². The molecule has 8 heteroatoms. The number of fused-ring (bicyclic) bond motifs is 1. The number of hydrogen-bond acceptors (Lipinski definition) is 6. The molecule has 0 unspecified atom stereocenters. The van der Waals surface area contributed by atoms with E-state index in [0.717, 1.165) is 0 Å². The van der Waals surface area contributed by atoms with E-state index in [1.165, 1.54) is 23.1 Å². The van der Waals surface area contributed by atoms with Gasteiger partial charge in [0.05, 0.1) is 23.3 Å². The summed E-state index contributed by atoms with van der Waals surface area (Å²) in [6.07, 6.45) is 0. The van der Waals surface area contributed by atoms with E-state index in [-0.39, 0.29) is 28.5 Å². The number of carbonyl (C=O) groups is 4. The van der Waals surface area contributed by atoms with Crippen LogP contribution in [0.1, 0.15) is 51.8 Å². The fraction of sp³-hybridized carbons (Fsp3) is 0.304. The molecule has 0 bridgehead atoms. The summed E-state index contributed by atoms with van der Waals surface area (Å²) in [6, 6.07) is 11.0. The van der Waals surface area contributed by atoms with Crippen LogP contribution in [0, 0.1) is 5.92 Å². The van der Waals surface area contributed by atoms with Crippen molar-refractivity contribution in [1.82, 2.24) is 4.90 Å². The van der Waals surface area contributed by atoms with Gasteiger partial charge in [-0.1, -0.05) is 13.8 Å². The van der Waals surface area contributed by atoms with Gasteiger partial charge in [-0.2, -0.15) is 0 Å². The van der Waals surface area contributed by atoms with Crippen LogP contribution >= 0.6 is 0 Å². The van der Waals surface area contributed by atoms with Crippen LogP contribution in [0.25, 0.3) is 0 Å². The lowest BCUT2D eigenvalue weighted by molar-refractivity contribution is -0.119. The molecule has 0 atom stereocenters. The van der Waals surface area contributed by atoms with E-state index < -0.39 is 24.4 Å². The molecule has 0 radical (unpaired) electrons. The van der Waals surface area contributed by atoms with Crippen molar-refractivity contribution in [3.05, 3.63) is 59.2 Å². The quantitative estimate of drug-likeness (QED) is 0.516. The second kappa shape index (κ2) is 9.42. The Bertz CT molecular complexity index is 1010. The van der Waals surface area contributed by atoms with Crippen molar-refractivity contribution in [3.63, 3.8) is 0 Å². The van der Waals surface area contributed by atoms with Crippen LogP contribution in [0.5, 0.6) is 5.75 Å². The van der Waals surface area contributed by atoms with Gasteiger partial charge >= 0.3 is 5.97 Å². The first-order valence-corrected chi connectivity index (χ1v) is 10.00. The molecule has 31 heavy (non-hydrogen) atoms. The molecule has 0 spiro atoms. The van der Waals surface area contributed by atoms with Gasteiger partial charge < -0.3 is 14.8 Å². The van der Waals surface area contributed by atoms with Crippen molar-refractivity contribution in [3.8, 4) is 5.75 Å². The SMILES string of the molecule is CCOc1ccc(NC(=O)COC(=O)c2ccc3c(c2)C(=O)N(CC(C)C)C3=O)cc1. The third-order valence-electron chi connectivity index (χ3n) is 4.54. The van der Waals surface area contributed by atoms with E-state index in [4.69, 9.17) is 9.47 Å². The molecule has 2 aromatic rings. The second-order valence-electron chi connectivity index (χ2n) is 7.46. The molecule has 0 saturated carbocycles. The fourth-order valence-electron chi connectivity index (χ4n) is 3.16. The molecule has 0 aromatic heterocycles. The van der Waals surface area contributed by atoms with Gasteiger partial charge in [0.25, 0.3) is 17.7 Å². The van der Waals surface area contributed by atoms with Gasteiger partial charge in [-0.05, 0) is 55.3 Å². The highest BCUT2D eigenvalue weighted by molar-refractivity contribution is 6.22. The van der Waals surface area contributed by atoms with Crippen molar-refractivity contribution in [2.75, 3.05) is 25.1 Å². The number of nitrogens with one attached hydrogen (secondary N) is 1. The Labute approximate surface area is 180 Å². The topological polar surface area (TPSA) is 102 Å². The van der Waals surface area contributed by atoms with E-state index in [0.29, 0.717) is 24.6 Å². The normalized spacial score (nSPS) is 12.7. The fourth-order valence-corrected chi connectivity index (χ4v) is 3.16. The molecule has 0 aliphatic carbocycles. The van der Waals surface area contributed by atoms with Gasteiger partial charge in [-0.3, -0.25) is 19.3 Å². The summed E-state index contributed by atoms with van der Waals surface area (Å²) in [5.74, 6) is -1.26. The number of imide groups is 1. The lowest BCUT2D eigenvalue weighted by Crippen LogP contribution is -2.33. The summed E-state index contributed by atoms with van der Waals surface area (Å²) >= 11 is 0. The highest BCUT2D eigenvalue weighted by Gasteiger charge is 2.36. The summed E-state index contributed by atoms with van der Waals surface area (Å²) < 4.78 is 10.4. The average Bonchev–Trinajstić information content (AvgIpc) is 2.97. The maximum atomic E-state index is 12.5. The largest absolute Gasteiger partial charge is 0.494 e. The first-order chi connectivity index (χ1) is 14.8. The van der Waals surface area contributed by atoms with E-state index >= 15 is 0 Å². The van der Waals surface area contributed by atoms with Crippen molar-refractivity contribution in [2.45, 2.75) is 20.8 Å². The van der Waals surface area contributed by atoms with Crippen LogP contribution in [-0.4, -0.2) is 48.3 Å². The van der Waals surface area contributed by atoms with Crippen LogP contribution in [0.15, 0.2) is 42.5 Å². The molecule has 1 N–H and O–H groups in total. The number of hydrogen-bond donors (Lipinski definition) is 1. The molecule has 1 aliphatic heterocycles. The average molecular weight is 424 g/mol. The summed E-state index contributed by atoms with van der Waals surface area (Å²) in [7, 11) is 0. The summed E-state index contributed by atoms with van der Waals surface area (Å²) in [5.41, 5.74) is 1.06. The van der Waals surface area contributed by atoms with Crippen LogP contribution in [0.2, 0.25) is 0 Å². The van der Waals surface area contributed by atoms with Crippen molar-refractivity contribution in [1.29, 1.82) is 0 Å². The molecular weight excluding hydrogens is 400 g/mol. The Morgan fingerprint density at radius 3 is 2.32 bits per heavy atom. The monoisotopic (exact) mass is 424 g/mol. The van der Waals surface area contributed by atoms with E-state index in [2.05, 4.69) is 5.32 Å². The van der Waals surface area contributed by atoms with Crippen molar-refractivity contribution in [2.24, 2.45) is 5.92 Å². The summed E-state index contributed by atoms with van der Waals surface area (Å²) in [6.45, 7) is 6.04. The highest BCUT2D eigenvalue weighted by atomic mass is 16.5. The number of carbonyl (C=O) groups excluding carboxylic acids is 4. The van der Waals surface area contributed by atoms with Crippen LogP contribution < -0.4 is 10.1 Å². The molecule has 0 fully saturated rings. The standard InChI is InChI=1S/C23H24N2O6/c1-4-30-17-8-6-16(7-9-17)24-20(26)13-31-23(29)15-5-10-18-19(11-15)22(28)25(21(18)27)12-14(2)3/h5-11,14H,4,12-13H2,1-3H3,(H,24,26). The Hall–Kier alpha value is -3.68. The minimum atomic E-state index is -0.757. The zero-order valence-corrected chi connectivity index (χ0v) is 17.6. The third-order valence-corrected chi connectivity index (χ3v) is 4.54. The zero-order valence-electron chi connectivity index (χ0n) is 17.6. The van der Waals surface area contributed by atoms with Crippen molar-refractivity contribution < 1.29 is 28.7 Å². The minimum Gasteiger partial charge on any atom is -0.494 e. The van der Waals surface area contributed by atoms with Gasteiger partial charge in [0.1, 0.15) is 5.75 Å². The highest BCUT2D eigenvalue weighted by Crippen LogP contribution is 2.25. The Kier molecular flexibility index (Phi) is 6.69. The molecule has 1 heterocycles. The maximum absolute atomic E-state index is 12.5. The number of nitrogens with zero attached hydrogens (tertiary/aromatic N) is 1. The lowest BCUT2D eigenvalue weighted by Gasteiger charge is -2.15. The Balaban J connectivity index is 1.59. The molecule has 8 nitrogen and oxygen atoms in total. The number of benzene rings is 2. The van der Waals surface area contributed by atoms with Crippen LogP contribution in [-0.2, 0) is 9.53 Å². The number of ether oxygens (including phenoxy) is 2. The predicted octanol–water partition coefficient (Wildman–Crippen LogP) is 3.13. The summed E-state index contributed by atoms with van der Waals surface area (Å²) in [5, 5.41) is 2.62. The number of rotatable bonds is 8. The molecule has 1 aliphatic rings. The Morgan fingerprint density at radius 2 is 1.68 bits per heavy atom. The van der Waals surface area contributed by atoms with Gasteiger partial charge in [-0.25, -0.2) is 4.79 Å². The minimum absolute atomic E-state index is 0.0974. The van der Waals surface area contributed by atoms with Crippen molar-refractivity contribution >= 4 is 29.4 Å². The van der Waals surface area contributed by atoms with E-state index in [9.17, 15) is 19.2 Å². The van der Waals surface area contributed by atoms with Gasteiger partial charge in [0.2, 0.25) is 0 Å². The van der Waals surface area contributed by atoms with E-state index in [1.54, 1.807) is 24.3 Å². The molecule has 3 rings (SSSR count). The van der Waals surface area contributed by atoms with Crippen LogP contribution in [0.3, 0.4) is 0 Å². The zero-order chi connectivity index (χ0) is 22.5. The summed E-state index contributed by atoms with van der Waals surface area (Å²) in [4.78, 5) is 50.5. The Morgan fingerprint density at radius 1 is 1.00 bits per heavy atom. The number of esters is 1. The number of amides is 3. The predicted molar refractivity (Wildman–Crippen MR) is 113 cm³/mol. The number of anilines is 1. The first-order valence-electron chi connectivity index (χ1n) is 10.00. The molecule has 162 valence electrons. The molecule has 3 amide bonds. The lowest BCUT2D eigenvalue weighted by atomic mass is 10.1. The first kappa shape index (κ1) is 22.0.